The molecule has 29 heavy (non-hydrogen) atoms. The predicted octanol–water partition coefficient (Wildman–Crippen LogP) is 0.778. The van der Waals surface area contributed by atoms with Gasteiger partial charge in [-0.1, -0.05) is 0 Å². The van der Waals surface area contributed by atoms with E-state index in [1.165, 1.54) is 11.1 Å². The number of carbonyl (C=O) groups excluding carboxylic acids is 3. The fourth-order valence-electron chi connectivity index (χ4n) is 4.27. The zero-order chi connectivity index (χ0) is 21.1. The number of carbonyl (C=O) groups is 3. The SMILES string of the molecule is CC1(C)CC(=O)CC(C)(C)N1O.O=C1C=C(N2CC2)C(=O)C(N2CC2)=C1N1CC1. The molecule has 0 atom stereocenters. The minimum atomic E-state index is -0.418. The summed E-state index contributed by atoms with van der Waals surface area (Å²) in [5.74, 6) is 0.280. The van der Waals surface area contributed by atoms with Gasteiger partial charge in [0.2, 0.25) is 11.6 Å². The van der Waals surface area contributed by atoms with Gasteiger partial charge < -0.3 is 19.9 Å². The van der Waals surface area contributed by atoms with Crippen LogP contribution >= 0.6 is 0 Å². The summed E-state index contributed by atoms with van der Waals surface area (Å²) in [7, 11) is 0. The van der Waals surface area contributed by atoms with E-state index >= 15 is 0 Å². The van der Waals surface area contributed by atoms with Gasteiger partial charge in [0.15, 0.2) is 0 Å². The Hall–Kier alpha value is -2.19. The van der Waals surface area contributed by atoms with Crippen LogP contribution in [0.4, 0.5) is 0 Å². The second kappa shape index (κ2) is 6.67. The van der Waals surface area contributed by atoms with Crippen LogP contribution in [0.25, 0.3) is 0 Å². The number of nitrogens with zero attached hydrogens (tertiary/aromatic N) is 4. The van der Waals surface area contributed by atoms with E-state index in [4.69, 9.17) is 0 Å². The lowest BCUT2D eigenvalue weighted by Crippen LogP contribution is -2.59. The van der Waals surface area contributed by atoms with Crippen LogP contribution in [0.15, 0.2) is 23.2 Å². The monoisotopic (exact) mass is 402 g/mol. The van der Waals surface area contributed by atoms with Crippen molar-refractivity contribution in [3.8, 4) is 0 Å². The Balaban J connectivity index is 0.000000152. The molecule has 4 saturated heterocycles. The number of hydrogen-bond donors (Lipinski definition) is 1. The Morgan fingerprint density at radius 1 is 0.759 bits per heavy atom. The Kier molecular flexibility index (Phi) is 4.62. The highest BCUT2D eigenvalue weighted by Crippen LogP contribution is 2.35. The zero-order valence-electron chi connectivity index (χ0n) is 17.7. The smallest absolute Gasteiger partial charge is 0.227 e. The van der Waals surface area contributed by atoms with E-state index in [-0.39, 0.29) is 17.3 Å². The Morgan fingerprint density at radius 2 is 1.21 bits per heavy atom. The standard InChI is InChI=1S/C12H13N3O2.C9H17NO2/c16-9-7-8(13-1-2-13)12(17)11(15-5-6-15)10(9)14-3-4-14;1-8(2)5-7(11)6-9(3,4)10(8)12/h7H,1-6H2;12H,5-6H2,1-4H3. The first-order valence-electron chi connectivity index (χ1n) is 10.3. The first kappa shape index (κ1) is 20.1. The topological polar surface area (TPSA) is 83.7 Å². The lowest BCUT2D eigenvalue weighted by molar-refractivity contribution is -0.236. The van der Waals surface area contributed by atoms with Crippen LogP contribution in [0, 0.1) is 0 Å². The second-order valence-corrected chi connectivity index (χ2v) is 9.71. The van der Waals surface area contributed by atoms with Crippen molar-refractivity contribution >= 4 is 17.3 Å². The highest BCUT2D eigenvalue weighted by molar-refractivity contribution is 6.22. The van der Waals surface area contributed by atoms with Crippen molar-refractivity contribution in [2.24, 2.45) is 0 Å². The number of Topliss-reactive ketones (excluding diaryl/α,β-unsaturated/α-hetero) is 2. The summed E-state index contributed by atoms with van der Waals surface area (Å²) in [5.41, 5.74) is 1.05. The third kappa shape index (κ3) is 3.96. The molecule has 5 aliphatic rings. The molecular weight excluding hydrogens is 372 g/mol. The number of ketones is 3. The number of piperidine rings is 1. The largest absolute Gasteiger partial charge is 0.365 e. The Morgan fingerprint density at radius 3 is 1.66 bits per heavy atom. The quantitative estimate of drug-likeness (QED) is 0.548. The highest BCUT2D eigenvalue weighted by atomic mass is 16.5. The first-order chi connectivity index (χ1) is 13.5. The van der Waals surface area contributed by atoms with Crippen molar-refractivity contribution in [1.82, 2.24) is 19.8 Å². The minimum Gasteiger partial charge on any atom is -0.365 e. The minimum absolute atomic E-state index is 0.00546. The highest BCUT2D eigenvalue weighted by Gasteiger charge is 2.45. The van der Waals surface area contributed by atoms with Gasteiger partial charge in [0.05, 0.1) is 5.70 Å². The van der Waals surface area contributed by atoms with Crippen LogP contribution in [0.2, 0.25) is 0 Å². The van der Waals surface area contributed by atoms with Crippen molar-refractivity contribution in [2.45, 2.75) is 51.6 Å². The van der Waals surface area contributed by atoms with Gasteiger partial charge in [0.1, 0.15) is 17.2 Å². The summed E-state index contributed by atoms with van der Waals surface area (Å²) in [6.07, 6.45) is 2.40. The van der Waals surface area contributed by atoms with E-state index in [0.717, 1.165) is 39.3 Å². The Labute approximate surface area is 171 Å². The molecule has 0 aromatic heterocycles. The molecule has 4 heterocycles. The second-order valence-electron chi connectivity index (χ2n) is 9.71. The first-order valence-corrected chi connectivity index (χ1v) is 10.3. The van der Waals surface area contributed by atoms with Gasteiger partial charge in [-0.3, -0.25) is 14.4 Å². The lowest BCUT2D eigenvalue weighted by Gasteiger charge is -2.47. The average molecular weight is 402 g/mol. The van der Waals surface area contributed by atoms with Crippen LogP contribution < -0.4 is 0 Å². The van der Waals surface area contributed by atoms with E-state index in [0.29, 0.717) is 29.9 Å². The summed E-state index contributed by atoms with van der Waals surface area (Å²) in [4.78, 5) is 41.8. The summed E-state index contributed by atoms with van der Waals surface area (Å²) in [5, 5.41) is 11.1. The van der Waals surface area contributed by atoms with Crippen molar-refractivity contribution in [3.05, 3.63) is 23.2 Å². The van der Waals surface area contributed by atoms with E-state index in [1.54, 1.807) is 0 Å². The van der Waals surface area contributed by atoms with E-state index in [1.807, 2.05) is 42.4 Å². The molecule has 0 unspecified atom stereocenters. The van der Waals surface area contributed by atoms with Crippen molar-refractivity contribution in [3.63, 3.8) is 0 Å². The van der Waals surface area contributed by atoms with Gasteiger partial charge in [-0.2, -0.15) is 5.06 Å². The lowest BCUT2D eigenvalue weighted by atomic mass is 9.81. The summed E-state index contributed by atoms with van der Waals surface area (Å²) >= 11 is 0. The van der Waals surface area contributed by atoms with Gasteiger partial charge in [0.25, 0.3) is 0 Å². The molecule has 0 radical (unpaired) electrons. The summed E-state index contributed by atoms with van der Waals surface area (Å²) in [6.45, 7) is 12.9. The third-order valence-electron chi connectivity index (χ3n) is 5.89. The van der Waals surface area contributed by atoms with Crippen molar-refractivity contribution in [2.75, 3.05) is 39.3 Å². The average Bonchev–Trinajstić information content (AvgIpc) is 3.45. The zero-order valence-corrected chi connectivity index (χ0v) is 17.7. The fraction of sp³-hybridized carbons (Fsp3) is 0.667. The summed E-state index contributed by atoms with van der Waals surface area (Å²) < 4.78 is 0. The molecule has 0 saturated carbocycles. The number of allylic oxidation sites excluding steroid dienone is 1. The van der Waals surface area contributed by atoms with E-state index < -0.39 is 11.1 Å². The molecule has 0 bridgehead atoms. The maximum Gasteiger partial charge on any atom is 0.227 e. The fourth-order valence-corrected chi connectivity index (χ4v) is 4.27. The number of hydrogen-bond acceptors (Lipinski definition) is 8. The molecule has 0 amide bonds. The molecule has 4 fully saturated rings. The normalized spacial score (nSPS) is 27.6. The van der Waals surface area contributed by atoms with Crippen LogP contribution in [-0.4, -0.2) is 92.7 Å². The van der Waals surface area contributed by atoms with Gasteiger partial charge in [0, 0.05) is 69.3 Å². The van der Waals surface area contributed by atoms with Crippen molar-refractivity contribution in [1.29, 1.82) is 0 Å². The molecule has 8 heteroatoms. The molecule has 158 valence electrons. The van der Waals surface area contributed by atoms with Crippen LogP contribution in [0.1, 0.15) is 40.5 Å². The number of hydroxylamine groups is 2. The molecule has 1 N–H and O–H groups in total. The van der Waals surface area contributed by atoms with Gasteiger partial charge in [-0.05, 0) is 27.7 Å². The summed E-state index contributed by atoms with van der Waals surface area (Å²) in [6, 6.07) is 0. The van der Waals surface area contributed by atoms with Crippen molar-refractivity contribution < 1.29 is 19.6 Å². The third-order valence-corrected chi connectivity index (χ3v) is 5.89. The van der Waals surface area contributed by atoms with Gasteiger partial charge >= 0.3 is 0 Å². The molecule has 4 aliphatic heterocycles. The van der Waals surface area contributed by atoms with Crippen LogP contribution in [-0.2, 0) is 14.4 Å². The molecule has 0 aromatic carbocycles. The van der Waals surface area contributed by atoms with E-state index in [9.17, 15) is 19.6 Å². The Bertz CT molecular complexity index is 810. The van der Waals surface area contributed by atoms with Crippen LogP contribution in [0.5, 0.6) is 0 Å². The molecule has 0 spiro atoms. The molecule has 1 aliphatic carbocycles. The molecule has 8 nitrogen and oxygen atoms in total. The molecule has 0 aromatic rings. The maximum atomic E-state index is 12.4. The van der Waals surface area contributed by atoms with Gasteiger partial charge in [-0.25, -0.2) is 0 Å². The molecule has 5 rings (SSSR count). The number of rotatable bonds is 3. The van der Waals surface area contributed by atoms with E-state index in [2.05, 4.69) is 0 Å². The predicted molar refractivity (Wildman–Crippen MR) is 106 cm³/mol. The molecular formula is C21H30N4O4. The van der Waals surface area contributed by atoms with Gasteiger partial charge in [-0.15, -0.1) is 0 Å². The van der Waals surface area contributed by atoms with Crippen LogP contribution in [0.3, 0.4) is 0 Å². The maximum absolute atomic E-state index is 12.4.